The van der Waals surface area contributed by atoms with E-state index >= 15 is 0 Å². The molecule has 0 bridgehead atoms. The van der Waals surface area contributed by atoms with E-state index in [-0.39, 0.29) is 5.82 Å². The quantitative estimate of drug-likeness (QED) is 0.702. The first kappa shape index (κ1) is 12.4. The van der Waals surface area contributed by atoms with Crippen molar-refractivity contribution in [2.24, 2.45) is 0 Å². The molecule has 0 unspecified atom stereocenters. The average molecular weight is 268 g/mol. The van der Waals surface area contributed by atoms with Crippen LogP contribution in [0.1, 0.15) is 11.1 Å². The van der Waals surface area contributed by atoms with Gasteiger partial charge >= 0.3 is 0 Å². The molecule has 0 aliphatic heterocycles. The lowest BCUT2D eigenvalue weighted by atomic mass is 10.0. The Bertz CT molecular complexity index is 857. The summed E-state index contributed by atoms with van der Waals surface area (Å²) in [7, 11) is 0. The molecular formula is C16H10F2N2. The molecule has 3 rings (SSSR count). The van der Waals surface area contributed by atoms with E-state index < -0.39 is 5.82 Å². The number of aromatic nitrogens is 1. The summed E-state index contributed by atoms with van der Waals surface area (Å²) in [5, 5.41) is 9.85. The molecule has 0 aliphatic carbocycles. The molecule has 0 amide bonds. The van der Waals surface area contributed by atoms with Gasteiger partial charge in [0, 0.05) is 10.9 Å². The number of nitrogens with zero attached hydrogens (tertiary/aromatic N) is 1. The van der Waals surface area contributed by atoms with Gasteiger partial charge in [0.05, 0.1) is 11.3 Å². The lowest BCUT2D eigenvalue weighted by molar-refractivity contribution is 0.619. The van der Waals surface area contributed by atoms with E-state index in [4.69, 9.17) is 0 Å². The fourth-order valence-corrected chi connectivity index (χ4v) is 2.30. The van der Waals surface area contributed by atoms with Crippen LogP contribution in [0, 0.1) is 29.9 Å². The van der Waals surface area contributed by atoms with Crippen LogP contribution in [0.4, 0.5) is 8.78 Å². The van der Waals surface area contributed by atoms with E-state index in [0.29, 0.717) is 33.3 Å². The predicted octanol–water partition coefficient (Wildman–Crippen LogP) is 4.29. The highest BCUT2D eigenvalue weighted by Gasteiger charge is 2.14. The topological polar surface area (TPSA) is 39.6 Å². The molecule has 3 aromatic rings. The van der Waals surface area contributed by atoms with Gasteiger partial charge in [-0.05, 0) is 54.4 Å². The lowest BCUT2D eigenvalue weighted by Crippen LogP contribution is -1.86. The van der Waals surface area contributed by atoms with Gasteiger partial charge in [0.25, 0.3) is 0 Å². The van der Waals surface area contributed by atoms with E-state index in [9.17, 15) is 14.0 Å². The number of nitriles is 1. The van der Waals surface area contributed by atoms with Gasteiger partial charge in [0.2, 0.25) is 0 Å². The summed E-state index contributed by atoms with van der Waals surface area (Å²) in [4.78, 5) is 3.09. The van der Waals surface area contributed by atoms with Gasteiger partial charge in [0.15, 0.2) is 0 Å². The second-order valence-corrected chi connectivity index (χ2v) is 4.64. The number of hydrogen-bond acceptors (Lipinski definition) is 1. The van der Waals surface area contributed by atoms with Gasteiger partial charge in [-0.25, -0.2) is 8.78 Å². The van der Waals surface area contributed by atoms with E-state index in [1.54, 1.807) is 25.1 Å². The highest BCUT2D eigenvalue weighted by Crippen LogP contribution is 2.31. The fourth-order valence-electron chi connectivity index (χ4n) is 2.30. The standard InChI is InChI=1S/C16H10F2N2/c1-9-6-10(2-4-14(9)18)16-13(8-19)12-7-11(17)3-5-15(12)20-16/h2-7,20H,1H3. The first-order valence-electron chi connectivity index (χ1n) is 6.08. The number of rotatable bonds is 1. The van der Waals surface area contributed by atoms with Crippen molar-refractivity contribution in [3.8, 4) is 17.3 Å². The maximum absolute atomic E-state index is 13.3. The summed E-state index contributed by atoms with van der Waals surface area (Å²) in [6.07, 6.45) is 0. The van der Waals surface area contributed by atoms with Crippen LogP contribution in [0.25, 0.3) is 22.2 Å². The number of aryl methyl sites for hydroxylation is 1. The van der Waals surface area contributed by atoms with Gasteiger partial charge in [-0.3, -0.25) is 0 Å². The lowest BCUT2D eigenvalue weighted by Gasteiger charge is -2.02. The third-order valence-electron chi connectivity index (χ3n) is 3.32. The summed E-state index contributed by atoms with van der Waals surface area (Å²) in [6.45, 7) is 1.66. The maximum atomic E-state index is 13.3. The SMILES string of the molecule is Cc1cc(-c2[nH]c3ccc(F)cc3c2C#N)ccc1F. The Morgan fingerprint density at radius 1 is 1.10 bits per heavy atom. The largest absolute Gasteiger partial charge is 0.353 e. The van der Waals surface area contributed by atoms with Crippen molar-refractivity contribution in [3.63, 3.8) is 0 Å². The molecule has 0 aliphatic rings. The van der Waals surface area contributed by atoms with Gasteiger partial charge < -0.3 is 4.98 Å². The Balaban J connectivity index is 2.31. The summed E-state index contributed by atoms with van der Waals surface area (Å²) < 4.78 is 26.6. The fraction of sp³-hybridized carbons (Fsp3) is 0.0625. The van der Waals surface area contributed by atoms with Crippen molar-refractivity contribution in [2.75, 3.05) is 0 Å². The number of H-pyrrole nitrogens is 1. The molecule has 0 saturated heterocycles. The molecular weight excluding hydrogens is 258 g/mol. The minimum Gasteiger partial charge on any atom is -0.353 e. The average Bonchev–Trinajstić information content (AvgIpc) is 2.79. The Hall–Kier alpha value is -2.67. The zero-order valence-corrected chi connectivity index (χ0v) is 10.7. The van der Waals surface area contributed by atoms with E-state index in [2.05, 4.69) is 11.1 Å². The number of nitrogens with one attached hydrogen (secondary N) is 1. The molecule has 0 radical (unpaired) electrons. The van der Waals surface area contributed by atoms with E-state index in [0.717, 1.165) is 0 Å². The summed E-state index contributed by atoms with van der Waals surface area (Å²) in [6, 6.07) is 11.0. The van der Waals surface area contributed by atoms with Crippen LogP contribution in [0.15, 0.2) is 36.4 Å². The number of benzene rings is 2. The van der Waals surface area contributed by atoms with Crippen molar-refractivity contribution in [1.29, 1.82) is 5.26 Å². The van der Waals surface area contributed by atoms with Gasteiger partial charge in [-0.15, -0.1) is 0 Å². The summed E-state index contributed by atoms with van der Waals surface area (Å²) in [5.41, 5.74) is 2.83. The minimum absolute atomic E-state index is 0.297. The zero-order valence-electron chi connectivity index (χ0n) is 10.7. The molecule has 4 heteroatoms. The van der Waals surface area contributed by atoms with Crippen LogP contribution in [0.5, 0.6) is 0 Å². The van der Waals surface area contributed by atoms with Crippen LogP contribution in [-0.2, 0) is 0 Å². The van der Waals surface area contributed by atoms with Crippen LogP contribution >= 0.6 is 0 Å². The Morgan fingerprint density at radius 2 is 1.90 bits per heavy atom. The molecule has 2 nitrogen and oxygen atoms in total. The summed E-state index contributed by atoms with van der Waals surface area (Å²) >= 11 is 0. The highest BCUT2D eigenvalue weighted by atomic mass is 19.1. The number of halogens is 2. The van der Waals surface area contributed by atoms with Crippen LogP contribution in [0.3, 0.4) is 0 Å². The van der Waals surface area contributed by atoms with Crippen molar-refractivity contribution in [3.05, 3.63) is 59.2 Å². The van der Waals surface area contributed by atoms with Crippen molar-refractivity contribution in [2.45, 2.75) is 6.92 Å². The van der Waals surface area contributed by atoms with Gasteiger partial charge in [0.1, 0.15) is 17.7 Å². The van der Waals surface area contributed by atoms with Gasteiger partial charge in [-0.1, -0.05) is 0 Å². The molecule has 2 aromatic carbocycles. The maximum Gasteiger partial charge on any atom is 0.126 e. The van der Waals surface area contributed by atoms with Crippen LogP contribution in [0.2, 0.25) is 0 Å². The summed E-state index contributed by atoms with van der Waals surface area (Å²) in [5.74, 6) is -0.691. The minimum atomic E-state index is -0.394. The van der Waals surface area contributed by atoms with Gasteiger partial charge in [-0.2, -0.15) is 5.26 Å². The molecule has 20 heavy (non-hydrogen) atoms. The number of aromatic amines is 1. The normalized spacial score (nSPS) is 10.7. The second-order valence-electron chi connectivity index (χ2n) is 4.64. The van der Waals surface area contributed by atoms with Crippen molar-refractivity contribution in [1.82, 2.24) is 4.98 Å². The molecule has 0 spiro atoms. The van der Waals surface area contributed by atoms with Crippen LogP contribution in [-0.4, -0.2) is 4.98 Å². The smallest absolute Gasteiger partial charge is 0.126 e. The first-order chi connectivity index (χ1) is 9.60. The second kappa shape index (κ2) is 4.46. The molecule has 98 valence electrons. The monoisotopic (exact) mass is 268 g/mol. The Morgan fingerprint density at radius 3 is 2.60 bits per heavy atom. The number of fused-ring (bicyclic) bond motifs is 1. The van der Waals surface area contributed by atoms with Crippen LogP contribution < -0.4 is 0 Å². The number of hydrogen-bond donors (Lipinski definition) is 1. The molecule has 1 heterocycles. The predicted molar refractivity (Wildman–Crippen MR) is 73.1 cm³/mol. The Labute approximate surface area is 114 Å². The highest BCUT2D eigenvalue weighted by molar-refractivity contribution is 5.93. The molecule has 0 saturated carbocycles. The Kier molecular flexibility index (Phi) is 2.76. The molecule has 0 fully saturated rings. The van der Waals surface area contributed by atoms with Crippen molar-refractivity contribution >= 4 is 10.9 Å². The zero-order chi connectivity index (χ0) is 14.3. The molecule has 1 N–H and O–H groups in total. The third-order valence-corrected chi connectivity index (χ3v) is 3.32. The first-order valence-corrected chi connectivity index (χ1v) is 6.08. The van der Waals surface area contributed by atoms with E-state index in [1.807, 2.05) is 0 Å². The molecule has 0 atom stereocenters. The van der Waals surface area contributed by atoms with Crippen molar-refractivity contribution < 1.29 is 8.78 Å². The molecule has 1 aromatic heterocycles. The third kappa shape index (κ3) is 1.84. The van der Waals surface area contributed by atoms with E-state index in [1.165, 1.54) is 18.2 Å².